The molecule has 14 heavy (non-hydrogen) atoms. The maximum atomic E-state index is 10.1. The van der Waals surface area contributed by atoms with Crippen molar-refractivity contribution in [2.24, 2.45) is 5.73 Å². The fourth-order valence-corrected chi connectivity index (χ4v) is 0.895. The fraction of sp³-hybridized carbons (Fsp3) is 0.750. The number of nitrogens with two attached hydrogens (primary N) is 1. The Morgan fingerprint density at radius 2 is 2.00 bits per heavy atom. The maximum absolute atomic E-state index is 10.1. The van der Waals surface area contributed by atoms with Crippen molar-refractivity contribution in [1.82, 2.24) is 5.32 Å². The first kappa shape index (κ1) is 12.9. The number of nitrogens with one attached hydrogen (secondary N) is 1. The molecule has 0 bridgehead atoms. The summed E-state index contributed by atoms with van der Waals surface area (Å²) in [7, 11) is 0. The van der Waals surface area contributed by atoms with E-state index in [0.29, 0.717) is 0 Å². The second-order valence-corrected chi connectivity index (χ2v) is 3.11. The molecule has 2 atom stereocenters. The van der Waals surface area contributed by atoms with Gasteiger partial charge in [0.15, 0.2) is 0 Å². The molecule has 1 rings (SSSR count). The van der Waals surface area contributed by atoms with Gasteiger partial charge in [0.25, 0.3) is 0 Å². The van der Waals surface area contributed by atoms with E-state index in [1.165, 1.54) is 6.92 Å². The average molecular weight is 204 g/mol. The average Bonchev–Trinajstić information content (AvgIpc) is 2.56. The molecule has 0 aliphatic carbocycles. The van der Waals surface area contributed by atoms with Gasteiger partial charge in [0, 0.05) is 0 Å². The summed E-state index contributed by atoms with van der Waals surface area (Å²) in [6.07, 6.45) is 1.78. The first-order chi connectivity index (χ1) is 6.45. The highest BCUT2D eigenvalue weighted by Crippen LogP contribution is 2.03. The van der Waals surface area contributed by atoms with Gasteiger partial charge in [0.2, 0.25) is 0 Å². The molecule has 1 saturated heterocycles. The fourth-order valence-electron chi connectivity index (χ4n) is 0.895. The van der Waals surface area contributed by atoms with E-state index < -0.39 is 18.0 Å². The minimum atomic E-state index is -0.963. The molecule has 1 aliphatic heterocycles. The molecule has 82 valence electrons. The minimum Gasteiger partial charge on any atom is -0.480 e. The van der Waals surface area contributed by atoms with E-state index in [4.69, 9.17) is 15.9 Å². The third-order valence-electron chi connectivity index (χ3n) is 1.75. The van der Waals surface area contributed by atoms with Crippen molar-refractivity contribution in [2.45, 2.75) is 31.8 Å². The zero-order valence-electron chi connectivity index (χ0n) is 8.06. The van der Waals surface area contributed by atoms with Crippen molar-refractivity contribution in [3.63, 3.8) is 0 Å². The topological polar surface area (TPSA) is 113 Å². The summed E-state index contributed by atoms with van der Waals surface area (Å²) < 4.78 is 0. The number of aliphatic carboxylic acids is 2. The summed E-state index contributed by atoms with van der Waals surface area (Å²) in [5, 5.41) is 19.1. The van der Waals surface area contributed by atoms with Crippen molar-refractivity contribution >= 4 is 11.9 Å². The Morgan fingerprint density at radius 1 is 1.50 bits per heavy atom. The van der Waals surface area contributed by atoms with Gasteiger partial charge < -0.3 is 21.3 Å². The molecule has 0 aromatic heterocycles. The Kier molecular flexibility index (Phi) is 5.82. The van der Waals surface area contributed by atoms with E-state index in [2.05, 4.69) is 5.32 Å². The predicted octanol–water partition coefficient (Wildman–Crippen LogP) is -0.759. The molecule has 0 aromatic rings. The Hall–Kier alpha value is -1.14. The molecular formula is C8H16N2O4. The van der Waals surface area contributed by atoms with E-state index in [1.807, 2.05) is 0 Å². The van der Waals surface area contributed by atoms with E-state index in [9.17, 15) is 9.59 Å². The van der Waals surface area contributed by atoms with Crippen molar-refractivity contribution in [3.05, 3.63) is 0 Å². The number of rotatable bonds is 2. The van der Waals surface area contributed by atoms with Gasteiger partial charge in [-0.3, -0.25) is 9.59 Å². The minimum absolute atomic E-state index is 0.269. The van der Waals surface area contributed by atoms with Gasteiger partial charge in [-0.1, -0.05) is 0 Å². The summed E-state index contributed by atoms with van der Waals surface area (Å²) in [5.74, 6) is -1.68. The largest absolute Gasteiger partial charge is 0.480 e. The van der Waals surface area contributed by atoms with Gasteiger partial charge in [-0.25, -0.2) is 0 Å². The van der Waals surface area contributed by atoms with Crippen LogP contribution < -0.4 is 11.1 Å². The molecule has 0 aromatic carbocycles. The highest BCUT2D eigenvalue weighted by molar-refractivity contribution is 5.73. The zero-order valence-corrected chi connectivity index (χ0v) is 8.06. The van der Waals surface area contributed by atoms with Gasteiger partial charge in [-0.15, -0.1) is 0 Å². The van der Waals surface area contributed by atoms with Crippen LogP contribution in [0.15, 0.2) is 0 Å². The zero-order chi connectivity index (χ0) is 11.1. The summed E-state index contributed by atoms with van der Waals surface area (Å²) >= 11 is 0. The van der Waals surface area contributed by atoms with Crippen LogP contribution in [0, 0.1) is 0 Å². The normalized spacial score (nSPS) is 22.0. The predicted molar refractivity (Wildman–Crippen MR) is 49.9 cm³/mol. The lowest BCUT2D eigenvalue weighted by Gasteiger charge is -1.99. The van der Waals surface area contributed by atoms with E-state index in [1.54, 1.807) is 0 Å². The SMILES string of the molecule is CC(N)C(=O)O.O=C(O)[C@@H]1CCCN1. The first-order valence-corrected chi connectivity index (χ1v) is 4.39. The van der Waals surface area contributed by atoms with Gasteiger partial charge in [-0.05, 0) is 26.3 Å². The number of carboxylic acid groups (broad SMARTS) is 2. The Balaban J connectivity index is 0.000000255. The molecule has 1 heterocycles. The van der Waals surface area contributed by atoms with Crippen LogP contribution in [0.1, 0.15) is 19.8 Å². The Bertz CT molecular complexity index is 200. The highest BCUT2D eigenvalue weighted by atomic mass is 16.4. The first-order valence-electron chi connectivity index (χ1n) is 4.39. The molecule has 0 spiro atoms. The molecule has 5 N–H and O–H groups in total. The summed E-state index contributed by atoms with van der Waals surface area (Å²) in [4.78, 5) is 19.7. The summed E-state index contributed by atoms with van der Waals surface area (Å²) in [6.45, 7) is 2.28. The van der Waals surface area contributed by atoms with Crippen LogP contribution in [-0.4, -0.2) is 40.8 Å². The van der Waals surface area contributed by atoms with Gasteiger partial charge in [-0.2, -0.15) is 0 Å². The molecule has 1 aliphatic rings. The molecule has 1 unspecified atom stereocenters. The molecular weight excluding hydrogens is 188 g/mol. The van der Waals surface area contributed by atoms with Gasteiger partial charge >= 0.3 is 11.9 Å². The van der Waals surface area contributed by atoms with Crippen LogP contribution in [-0.2, 0) is 9.59 Å². The van der Waals surface area contributed by atoms with Crippen LogP contribution >= 0.6 is 0 Å². The highest BCUT2D eigenvalue weighted by Gasteiger charge is 2.20. The summed E-state index contributed by atoms with van der Waals surface area (Å²) in [5.41, 5.74) is 4.84. The second-order valence-electron chi connectivity index (χ2n) is 3.11. The smallest absolute Gasteiger partial charge is 0.320 e. The molecule has 1 fully saturated rings. The van der Waals surface area contributed by atoms with Crippen LogP contribution in [0.2, 0.25) is 0 Å². The Morgan fingerprint density at radius 3 is 2.14 bits per heavy atom. The number of carbonyl (C=O) groups is 2. The van der Waals surface area contributed by atoms with Crippen molar-refractivity contribution < 1.29 is 19.8 Å². The second kappa shape index (κ2) is 6.33. The van der Waals surface area contributed by atoms with Crippen LogP contribution in [0.4, 0.5) is 0 Å². The number of hydrogen-bond donors (Lipinski definition) is 4. The standard InChI is InChI=1S/C5H9NO2.C3H7NO2/c7-5(8)4-2-1-3-6-4;1-2(4)3(5)6/h4,6H,1-3H2,(H,7,8);2H,4H2,1H3,(H,5,6)/t4-;/m0./s1. The quantitative estimate of drug-likeness (QED) is 0.470. The maximum Gasteiger partial charge on any atom is 0.320 e. The Labute approximate surface area is 82.1 Å². The van der Waals surface area contributed by atoms with E-state index in [-0.39, 0.29) is 6.04 Å². The monoisotopic (exact) mass is 204 g/mol. The number of carboxylic acids is 2. The van der Waals surface area contributed by atoms with Crippen molar-refractivity contribution in [3.8, 4) is 0 Å². The van der Waals surface area contributed by atoms with Gasteiger partial charge in [0.1, 0.15) is 12.1 Å². The number of hydrogen-bond acceptors (Lipinski definition) is 4. The van der Waals surface area contributed by atoms with E-state index >= 15 is 0 Å². The molecule has 6 heteroatoms. The summed E-state index contributed by atoms with van der Waals surface area (Å²) in [6, 6.07) is -1.00. The third kappa shape index (κ3) is 5.50. The lowest BCUT2D eigenvalue weighted by atomic mass is 10.2. The lowest BCUT2D eigenvalue weighted by molar-refractivity contribution is -0.139. The van der Waals surface area contributed by atoms with Gasteiger partial charge in [0.05, 0.1) is 0 Å². The molecule has 0 radical (unpaired) electrons. The molecule has 6 nitrogen and oxygen atoms in total. The van der Waals surface area contributed by atoms with Crippen LogP contribution in [0.25, 0.3) is 0 Å². The molecule has 0 amide bonds. The van der Waals surface area contributed by atoms with Crippen LogP contribution in [0.5, 0.6) is 0 Å². The van der Waals surface area contributed by atoms with Crippen molar-refractivity contribution in [2.75, 3.05) is 6.54 Å². The van der Waals surface area contributed by atoms with E-state index in [0.717, 1.165) is 19.4 Å². The lowest BCUT2D eigenvalue weighted by Crippen LogP contribution is -2.29. The molecule has 0 saturated carbocycles. The van der Waals surface area contributed by atoms with Crippen LogP contribution in [0.3, 0.4) is 0 Å². The van der Waals surface area contributed by atoms with Crippen molar-refractivity contribution in [1.29, 1.82) is 0 Å². The third-order valence-corrected chi connectivity index (χ3v) is 1.75.